The molecule has 8 heteroatoms. The molecule has 1 heterocycles. The summed E-state index contributed by atoms with van der Waals surface area (Å²) < 4.78 is 5.01. The molecule has 0 bridgehead atoms. The summed E-state index contributed by atoms with van der Waals surface area (Å²) in [4.78, 5) is 35.2. The Labute approximate surface area is 132 Å². The molecule has 1 aliphatic heterocycles. The van der Waals surface area contributed by atoms with Crippen molar-refractivity contribution in [1.82, 2.24) is 4.90 Å². The molecular formula is C15H17N3O5. The van der Waals surface area contributed by atoms with Crippen molar-refractivity contribution in [2.24, 2.45) is 0 Å². The third-order valence-electron chi connectivity index (χ3n) is 3.40. The Kier molecular flexibility index (Phi) is 4.95. The average molecular weight is 319 g/mol. The second-order valence-corrected chi connectivity index (χ2v) is 4.98. The van der Waals surface area contributed by atoms with Crippen LogP contribution in [-0.2, 0) is 14.3 Å². The van der Waals surface area contributed by atoms with Gasteiger partial charge >= 0.3 is 5.97 Å². The van der Waals surface area contributed by atoms with Crippen LogP contribution in [0.2, 0.25) is 0 Å². The quantitative estimate of drug-likeness (QED) is 0.503. The summed E-state index contributed by atoms with van der Waals surface area (Å²) in [5, 5.41) is 13.7. The standard InChI is InChI=1S/C15H17N3O5/c1-3-23-15(20)13-8-17(10(2)19)9-14(13)16-11-4-6-12(7-5-11)18(21)22/h4-7,16H,3,8-9H2,1-2H3. The number of benzene rings is 1. The molecule has 2 rings (SSSR count). The molecule has 1 N–H and O–H groups in total. The van der Waals surface area contributed by atoms with Crippen molar-refractivity contribution in [1.29, 1.82) is 0 Å². The zero-order chi connectivity index (χ0) is 17.0. The number of nitro benzene ring substituents is 1. The number of rotatable bonds is 5. The monoisotopic (exact) mass is 319 g/mol. The van der Waals surface area contributed by atoms with Crippen molar-refractivity contribution < 1.29 is 19.2 Å². The Bertz CT molecular complexity index is 666. The number of non-ortho nitro benzene ring substituents is 1. The van der Waals surface area contributed by atoms with Gasteiger partial charge < -0.3 is 15.0 Å². The number of hydrogen-bond donors (Lipinski definition) is 1. The molecular weight excluding hydrogens is 302 g/mol. The van der Waals surface area contributed by atoms with E-state index in [0.29, 0.717) is 17.0 Å². The zero-order valence-electron chi connectivity index (χ0n) is 12.9. The van der Waals surface area contributed by atoms with Crippen LogP contribution in [0.4, 0.5) is 11.4 Å². The molecule has 0 aliphatic carbocycles. The number of esters is 1. The molecule has 1 aromatic rings. The minimum absolute atomic E-state index is 0.0214. The minimum Gasteiger partial charge on any atom is -0.463 e. The van der Waals surface area contributed by atoms with Crippen molar-refractivity contribution in [3.05, 3.63) is 45.6 Å². The first-order chi connectivity index (χ1) is 10.9. The van der Waals surface area contributed by atoms with Crippen LogP contribution in [0.25, 0.3) is 0 Å². The Morgan fingerprint density at radius 1 is 1.30 bits per heavy atom. The van der Waals surface area contributed by atoms with E-state index >= 15 is 0 Å². The number of nitro groups is 1. The molecule has 0 saturated heterocycles. The molecule has 0 spiro atoms. The van der Waals surface area contributed by atoms with Crippen molar-refractivity contribution in [2.45, 2.75) is 13.8 Å². The van der Waals surface area contributed by atoms with Crippen molar-refractivity contribution in [3.63, 3.8) is 0 Å². The van der Waals surface area contributed by atoms with Gasteiger partial charge in [0.2, 0.25) is 5.91 Å². The molecule has 0 unspecified atom stereocenters. The molecule has 0 aromatic heterocycles. The number of carbonyl (C=O) groups is 2. The van der Waals surface area contributed by atoms with Crippen molar-refractivity contribution >= 4 is 23.3 Å². The normalized spacial score (nSPS) is 13.9. The number of nitrogens with zero attached hydrogens (tertiary/aromatic N) is 2. The fourth-order valence-corrected chi connectivity index (χ4v) is 2.21. The lowest BCUT2D eigenvalue weighted by Crippen LogP contribution is -2.28. The van der Waals surface area contributed by atoms with Crippen LogP contribution in [0.5, 0.6) is 0 Å². The maximum Gasteiger partial charge on any atom is 0.337 e. The molecule has 0 fully saturated rings. The lowest BCUT2D eigenvalue weighted by Gasteiger charge is -2.13. The van der Waals surface area contributed by atoms with Crippen LogP contribution in [0.15, 0.2) is 35.5 Å². The molecule has 0 radical (unpaired) electrons. The van der Waals surface area contributed by atoms with E-state index in [1.165, 1.54) is 24.0 Å². The van der Waals surface area contributed by atoms with E-state index in [1.807, 2.05) is 0 Å². The smallest absolute Gasteiger partial charge is 0.337 e. The number of anilines is 1. The van der Waals surface area contributed by atoms with Gasteiger partial charge in [0.05, 0.1) is 30.2 Å². The maximum absolute atomic E-state index is 12.0. The van der Waals surface area contributed by atoms with Gasteiger partial charge in [0.25, 0.3) is 5.69 Å². The highest BCUT2D eigenvalue weighted by atomic mass is 16.6. The average Bonchev–Trinajstić information content (AvgIpc) is 2.92. The number of hydrogen-bond acceptors (Lipinski definition) is 6. The first-order valence-electron chi connectivity index (χ1n) is 7.08. The van der Waals surface area contributed by atoms with Gasteiger partial charge in [0.1, 0.15) is 0 Å². The summed E-state index contributed by atoms with van der Waals surface area (Å²) in [6.07, 6.45) is 0. The van der Waals surface area contributed by atoms with Gasteiger partial charge in [-0.1, -0.05) is 0 Å². The third kappa shape index (κ3) is 3.85. The number of carbonyl (C=O) groups excluding carboxylic acids is 2. The second-order valence-electron chi connectivity index (χ2n) is 4.98. The molecule has 8 nitrogen and oxygen atoms in total. The van der Waals surface area contributed by atoms with E-state index in [-0.39, 0.29) is 31.3 Å². The van der Waals surface area contributed by atoms with Crippen LogP contribution in [0, 0.1) is 10.1 Å². The summed E-state index contributed by atoms with van der Waals surface area (Å²) in [7, 11) is 0. The largest absolute Gasteiger partial charge is 0.463 e. The first-order valence-corrected chi connectivity index (χ1v) is 7.08. The van der Waals surface area contributed by atoms with E-state index in [4.69, 9.17) is 4.74 Å². The molecule has 0 atom stereocenters. The van der Waals surface area contributed by atoms with Crippen molar-refractivity contribution in [2.75, 3.05) is 25.0 Å². The first kappa shape index (κ1) is 16.5. The minimum atomic E-state index is -0.486. The van der Waals surface area contributed by atoms with Crippen LogP contribution >= 0.6 is 0 Å². The summed E-state index contributed by atoms with van der Waals surface area (Å²) in [6, 6.07) is 5.82. The molecule has 1 aromatic carbocycles. The van der Waals surface area contributed by atoms with Crippen molar-refractivity contribution in [3.8, 4) is 0 Å². The highest BCUT2D eigenvalue weighted by Gasteiger charge is 2.29. The Balaban J connectivity index is 2.21. The third-order valence-corrected chi connectivity index (χ3v) is 3.40. The Hall–Kier alpha value is -2.90. The van der Waals surface area contributed by atoms with Gasteiger partial charge in [0, 0.05) is 30.4 Å². The van der Waals surface area contributed by atoms with Crippen LogP contribution in [0.3, 0.4) is 0 Å². The van der Waals surface area contributed by atoms with Crippen LogP contribution < -0.4 is 5.32 Å². The molecule has 1 amide bonds. The number of amides is 1. The van der Waals surface area contributed by atoms with Gasteiger partial charge in [-0.05, 0) is 19.1 Å². The van der Waals surface area contributed by atoms with E-state index < -0.39 is 10.9 Å². The molecule has 23 heavy (non-hydrogen) atoms. The van der Waals surface area contributed by atoms with Gasteiger partial charge in [-0.3, -0.25) is 14.9 Å². The number of ether oxygens (including phenoxy) is 1. The predicted octanol–water partition coefficient (Wildman–Crippen LogP) is 1.69. The van der Waals surface area contributed by atoms with Gasteiger partial charge in [-0.15, -0.1) is 0 Å². The van der Waals surface area contributed by atoms with Gasteiger partial charge in [0.15, 0.2) is 0 Å². The van der Waals surface area contributed by atoms with Crippen LogP contribution in [-0.4, -0.2) is 41.4 Å². The summed E-state index contributed by atoms with van der Waals surface area (Å²) >= 11 is 0. The topological polar surface area (TPSA) is 102 Å². The highest BCUT2D eigenvalue weighted by molar-refractivity contribution is 5.93. The van der Waals surface area contributed by atoms with E-state index in [1.54, 1.807) is 19.1 Å². The fourth-order valence-electron chi connectivity index (χ4n) is 2.21. The summed E-state index contributed by atoms with van der Waals surface area (Å²) in [5.74, 6) is -0.618. The summed E-state index contributed by atoms with van der Waals surface area (Å²) in [6.45, 7) is 3.83. The Morgan fingerprint density at radius 3 is 2.48 bits per heavy atom. The fraction of sp³-hybridized carbons (Fsp3) is 0.333. The second kappa shape index (κ2) is 6.91. The van der Waals surface area contributed by atoms with E-state index in [2.05, 4.69) is 5.32 Å². The molecule has 0 saturated carbocycles. The van der Waals surface area contributed by atoms with E-state index in [9.17, 15) is 19.7 Å². The highest BCUT2D eigenvalue weighted by Crippen LogP contribution is 2.23. The molecule has 122 valence electrons. The lowest BCUT2D eigenvalue weighted by atomic mass is 10.2. The van der Waals surface area contributed by atoms with Gasteiger partial charge in [-0.2, -0.15) is 0 Å². The summed E-state index contributed by atoms with van der Waals surface area (Å²) in [5.41, 5.74) is 1.53. The lowest BCUT2D eigenvalue weighted by molar-refractivity contribution is -0.384. The van der Waals surface area contributed by atoms with Crippen LogP contribution in [0.1, 0.15) is 13.8 Å². The maximum atomic E-state index is 12.0. The number of nitrogens with one attached hydrogen (secondary N) is 1. The molecule has 1 aliphatic rings. The predicted molar refractivity (Wildman–Crippen MR) is 82.6 cm³/mol. The SMILES string of the molecule is CCOC(=O)C1=C(Nc2ccc([N+](=O)[O-])cc2)CN(C(C)=O)C1. The van der Waals surface area contributed by atoms with Gasteiger partial charge in [-0.25, -0.2) is 4.79 Å². The Morgan fingerprint density at radius 2 is 1.96 bits per heavy atom. The van der Waals surface area contributed by atoms with E-state index in [0.717, 1.165) is 0 Å². The zero-order valence-corrected chi connectivity index (χ0v) is 12.9.